The first-order chi connectivity index (χ1) is 9.75. The molecule has 0 spiro atoms. The number of aromatic hydroxyl groups is 2. The molecule has 9 heteroatoms. The second kappa shape index (κ2) is 5.45. The van der Waals surface area contributed by atoms with Gasteiger partial charge in [-0.25, -0.2) is 17.5 Å². The maximum atomic E-state index is 13.4. The van der Waals surface area contributed by atoms with E-state index in [0.717, 1.165) is 6.07 Å². The van der Waals surface area contributed by atoms with Gasteiger partial charge >= 0.3 is 0 Å². The van der Waals surface area contributed by atoms with Crippen LogP contribution in [0.15, 0.2) is 22.6 Å². The van der Waals surface area contributed by atoms with Crippen molar-refractivity contribution in [1.29, 1.82) is 0 Å². The van der Waals surface area contributed by atoms with Crippen molar-refractivity contribution in [1.82, 2.24) is 0 Å². The van der Waals surface area contributed by atoms with E-state index in [0.29, 0.717) is 0 Å². The summed E-state index contributed by atoms with van der Waals surface area (Å²) in [5.74, 6) is -3.31. The fourth-order valence-electron chi connectivity index (χ4n) is 1.53. The Labute approximate surface area is 124 Å². The summed E-state index contributed by atoms with van der Waals surface area (Å²) in [6.45, 7) is 1.39. The van der Waals surface area contributed by atoms with E-state index in [2.05, 4.69) is 0 Å². The standard InChI is InChI=1S/C12H11ClFNO5S/c1-2-21(18,19)15-12-10(17)9(16)11(20-12)6-3-4-7(13)8(14)5-6/h3-5,15-17H,2H2,1H3. The first-order valence-electron chi connectivity index (χ1n) is 5.75. The molecule has 1 aromatic carbocycles. The summed E-state index contributed by atoms with van der Waals surface area (Å²) in [7, 11) is -3.71. The Balaban J connectivity index is 2.49. The highest BCUT2D eigenvalue weighted by Crippen LogP contribution is 2.45. The van der Waals surface area contributed by atoms with Crippen LogP contribution in [0.25, 0.3) is 11.3 Å². The molecule has 0 aliphatic heterocycles. The lowest BCUT2D eigenvalue weighted by Crippen LogP contribution is -2.14. The second-order valence-corrected chi connectivity index (χ2v) is 6.51. The van der Waals surface area contributed by atoms with Crippen LogP contribution in [0.1, 0.15) is 6.92 Å². The summed E-state index contributed by atoms with van der Waals surface area (Å²) in [5, 5.41) is 19.3. The van der Waals surface area contributed by atoms with Crippen molar-refractivity contribution >= 4 is 27.5 Å². The summed E-state index contributed by atoms with van der Waals surface area (Å²) in [5.41, 5.74) is 0.0895. The van der Waals surface area contributed by atoms with E-state index < -0.39 is 33.2 Å². The third-order valence-corrected chi connectivity index (χ3v) is 4.23. The molecule has 0 amide bonds. The van der Waals surface area contributed by atoms with Crippen LogP contribution >= 0.6 is 11.6 Å². The normalized spacial score (nSPS) is 11.6. The molecular weight excluding hydrogens is 325 g/mol. The Morgan fingerprint density at radius 3 is 2.57 bits per heavy atom. The number of hydrogen-bond acceptors (Lipinski definition) is 5. The van der Waals surface area contributed by atoms with Gasteiger partial charge in [-0.3, -0.25) is 0 Å². The van der Waals surface area contributed by atoms with Crippen molar-refractivity contribution in [3.8, 4) is 22.8 Å². The number of hydrogen-bond donors (Lipinski definition) is 3. The van der Waals surface area contributed by atoms with E-state index in [1.807, 2.05) is 4.72 Å². The van der Waals surface area contributed by atoms with Crippen LogP contribution in [-0.4, -0.2) is 24.4 Å². The summed E-state index contributed by atoms with van der Waals surface area (Å²) < 4.78 is 43.3. The first-order valence-corrected chi connectivity index (χ1v) is 7.78. The monoisotopic (exact) mass is 335 g/mol. The lowest BCUT2D eigenvalue weighted by Gasteiger charge is -2.02. The van der Waals surface area contributed by atoms with E-state index >= 15 is 0 Å². The third kappa shape index (κ3) is 3.06. The highest BCUT2D eigenvalue weighted by atomic mass is 35.5. The van der Waals surface area contributed by atoms with Gasteiger partial charge in [0.25, 0.3) is 5.88 Å². The van der Waals surface area contributed by atoms with Crippen molar-refractivity contribution in [2.75, 3.05) is 10.5 Å². The topological polar surface area (TPSA) is 99.8 Å². The Morgan fingerprint density at radius 2 is 2.00 bits per heavy atom. The highest BCUT2D eigenvalue weighted by Gasteiger charge is 2.24. The van der Waals surface area contributed by atoms with Gasteiger partial charge in [-0.05, 0) is 25.1 Å². The molecule has 1 aromatic heterocycles. The first kappa shape index (κ1) is 15.5. The van der Waals surface area contributed by atoms with Gasteiger partial charge in [0.15, 0.2) is 5.76 Å². The molecule has 2 rings (SSSR count). The predicted molar refractivity (Wildman–Crippen MR) is 75.5 cm³/mol. The van der Waals surface area contributed by atoms with Gasteiger partial charge in [0.1, 0.15) is 5.82 Å². The van der Waals surface area contributed by atoms with Gasteiger partial charge in [0.2, 0.25) is 21.5 Å². The quantitative estimate of drug-likeness (QED) is 0.797. The lowest BCUT2D eigenvalue weighted by molar-refractivity contribution is 0.410. The fraction of sp³-hybridized carbons (Fsp3) is 0.167. The molecule has 0 atom stereocenters. The summed E-state index contributed by atoms with van der Waals surface area (Å²) in [6.07, 6.45) is 0. The van der Waals surface area contributed by atoms with Crippen LogP contribution in [0.4, 0.5) is 10.3 Å². The van der Waals surface area contributed by atoms with Crippen molar-refractivity contribution in [3.63, 3.8) is 0 Å². The van der Waals surface area contributed by atoms with Crippen LogP contribution in [0.2, 0.25) is 5.02 Å². The summed E-state index contributed by atoms with van der Waals surface area (Å²) in [4.78, 5) is 0. The molecule has 0 radical (unpaired) electrons. The second-order valence-electron chi connectivity index (χ2n) is 4.09. The maximum Gasteiger partial charge on any atom is 0.253 e. The summed E-state index contributed by atoms with van der Waals surface area (Å²) in [6, 6.07) is 3.57. The van der Waals surface area contributed by atoms with E-state index in [4.69, 9.17) is 16.0 Å². The minimum atomic E-state index is -3.71. The van der Waals surface area contributed by atoms with Crippen molar-refractivity contribution in [3.05, 3.63) is 29.0 Å². The highest BCUT2D eigenvalue weighted by molar-refractivity contribution is 7.92. The molecule has 0 saturated carbocycles. The Kier molecular flexibility index (Phi) is 4.02. The molecular formula is C12H11ClFNO5S. The molecule has 0 aliphatic carbocycles. The fourth-order valence-corrected chi connectivity index (χ4v) is 2.21. The van der Waals surface area contributed by atoms with E-state index in [9.17, 15) is 23.0 Å². The number of anilines is 1. The molecule has 1 heterocycles. The van der Waals surface area contributed by atoms with E-state index in [-0.39, 0.29) is 22.1 Å². The van der Waals surface area contributed by atoms with Crippen LogP contribution < -0.4 is 4.72 Å². The SMILES string of the molecule is CCS(=O)(=O)Nc1oc(-c2ccc(Cl)c(F)c2)c(O)c1O. The van der Waals surface area contributed by atoms with Crippen molar-refractivity contribution in [2.24, 2.45) is 0 Å². The summed E-state index contributed by atoms with van der Waals surface area (Å²) >= 11 is 5.54. The van der Waals surface area contributed by atoms with Crippen LogP contribution in [0.3, 0.4) is 0 Å². The molecule has 0 bridgehead atoms. The molecule has 0 fully saturated rings. The molecule has 0 aliphatic rings. The van der Waals surface area contributed by atoms with Crippen molar-refractivity contribution in [2.45, 2.75) is 6.92 Å². The zero-order valence-electron chi connectivity index (χ0n) is 10.7. The molecule has 6 nitrogen and oxygen atoms in total. The molecule has 2 aromatic rings. The number of halogens is 2. The Morgan fingerprint density at radius 1 is 1.33 bits per heavy atom. The maximum absolute atomic E-state index is 13.4. The van der Waals surface area contributed by atoms with Crippen molar-refractivity contribution < 1.29 is 27.4 Å². The number of furan rings is 1. The molecule has 0 saturated heterocycles. The van der Waals surface area contributed by atoms with Gasteiger partial charge in [0.05, 0.1) is 10.8 Å². The van der Waals surface area contributed by atoms with E-state index in [1.54, 1.807) is 0 Å². The van der Waals surface area contributed by atoms with Crippen LogP contribution in [0.5, 0.6) is 11.5 Å². The minimum absolute atomic E-state index is 0.0895. The number of nitrogens with one attached hydrogen (secondary N) is 1. The third-order valence-electron chi connectivity index (χ3n) is 2.67. The number of sulfonamides is 1. The van der Waals surface area contributed by atoms with Gasteiger partial charge in [-0.2, -0.15) is 0 Å². The van der Waals surface area contributed by atoms with Gasteiger partial charge in [-0.15, -0.1) is 0 Å². The van der Waals surface area contributed by atoms with Crippen LogP contribution in [0, 0.1) is 5.82 Å². The van der Waals surface area contributed by atoms with E-state index in [1.165, 1.54) is 19.1 Å². The average Bonchev–Trinajstić information content (AvgIpc) is 2.70. The van der Waals surface area contributed by atoms with Gasteiger partial charge in [0, 0.05) is 5.56 Å². The van der Waals surface area contributed by atoms with Crippen LogP contribution in [-0.2, 0) is 10.0 Å². The average molecular weight is 336 g/mol. The largest absolute Gasteiger partial charge is 0.502 e. The zero-order chi connectivity index (χ0) is 15.8. The number of benzene rings is 1. The predicted octanol–water partition coefficient (Wildman–Crippen LogP) is 2.91. The Hall–Kier alpha value is -1.93. The smallest absolute Gasteiger partial charge is 0.253 e. The van der Waals surface area contributed by atoms with Gasteiger partial charge in [-0.1, -0.05) is 11.6 Å². The minimum Gasteiger partial charge on any atom is -0.502 e. The zero-order valence-corrected chi connectivity index (χ0v) is 12.3. The molecule has 0 unspecified atom stereocenters. The molecule has 3 N–H and O–H groups in total. The Bertz CT molecular complexity index is 787. The van der Waals surface area contributed by atoms with Gasteiger partial charge < -0.3 is 14.6 Å². The number of rotatable bonds is 4. The molecule has 114 valence electrons. The lowest BCUT2D eigenvalue weighted by atomic mass is 10.1. The molecule has 21 heavy (non-hydrogen) atoms.